The van der Waals surface area contributed by atoms with Crippen molar-refractivity contribution >= 4 is 10.8 Å². The molecule has 0 radical (unpaired) electrons. The molecule has 1 nitrogen and oxygen atoms in total. The number of nitrogens with zero attached hydrogens (tertiary/aromatic N) is 1. The number of hydrogen-bond donors (Lipinski definition) is 0. The van der Waals surface area contributed by atoms with Crippen LogP contribution < -0.4 is 0 Å². The lowest BCUT2D eigenvalue weighted by molar-refractivity contribution is 0.926. The molecule has 0 fully saturated rings. The van der Waals surface area contributed by atoms with Crippen molar-refractivity contribution in [2.24, 2.45) is 0 Å². The molecule has 0 atom stereocenters. The van der Waals surface area contributed by atoms with Crippen molar-refractivity contribution in [1.29, 1.82) is 0 Å². The van der Waals surface area contributed by atoms with Crippen LogP contribution >= 0.6 is 0 Å². The van der Waals surface area contributed by atoms with Gasteiger partial charge in [0.1, 0.15) is 0 Å². The number of benzene rings is 2. The molecule has 1 aromatic heterocycles. The predicted molar refractivity (Wildman–Crippen MR) is 75.6 cm³/mol. The Kier molecular flexibility index (Phi) is 3.05. The van der Waals surface area contributed by atoms with Crippen molar-refractivity contribution in [2.45, 2.75) is 12.8 Å². The fourth-order valence-corrected chi connectivity index (χ4v) is 2.29. The van der Waals surface area contributed by atoms with E-state index < -0.39 is 0 Å². The molecule has 0 spiro atoms. The molecule has 3 aromatic rings. The summed E-state index contributed by atoms with van der Waals surface area (Å²) in [5.41, 5.74) is 2.56. The first-order chi connectivity index (χ1) is 8.93. The van der Waals surface area contributed by atoms with Crippen LogP contribution in [0.1, 0.15) is 11.3 Å². The summed E-state index contributed by atoms with van der Waals surface area (Å²) in [5, 5.41) is 2.55. The second kappa shape index (κ2) is 5.01. The van der Waals surface area contributed by atoms with Crippen LogP contribution in [0.5, 0.6) is 0 Å². The van der Waals surface area contributed by atoms with E-state index >= 15 is 0 Å². The minimum Gasteiger partial charge on any atom is -0.261 e. The third kappa shape index (κ3) is 2.25. The van der Waals surface area contributed by atoms with E-state index in [9.17, 15) is 0 Å². The van der Waals surface area contributed by atoms with Gasteiger partial charge in [-0.1, -0.05) is 54.6 Å². The van der Waals surface area contributed by atoms with Crippen LogP contribution in [0, 0.1) is 0 Å². The van der Waals surface area contributed by atoms with E-state index in [0.717, 1.165) is 12.8 Å². The van der Waals surface area contributed by atoms with E-state index in [1.54, 1.807) is 0 Å². The molecule has 0 saturated heterocycles. The van der Waals surface area contributed by atoms with Gasteiger partial charge in [-0.3, -0.25) is 4.98 Å². The number of aromatic nitrogens is 1. The zero-order chi connectivity index (χ0) is 12.2. The van der Waals surface area contributed by atoms with E-state index in [-0.39, 0.29) is 0 Å². The molecule has 0 aliphatic carbocycles. The van der Waals surface area contributed by atoms with Gasteiger partial charge in [-0.05, 0) is 29.9 Å². The van der Waals surface area contributed by atoms with Crippen molar-refractivity contribution in [3.05, 3.63) is 78.1 Å². The number of rotatable bonds is 3. The Morgan fingerprint density at radius 3 is 2.39 bits per heavy atom. The van der Waals surface area contributed by atoms with Gasteiger partial charge in [-0.2, -0.15) is 0 Å². The topological polar surface area (TPSA) is 12.9 Å². The maximum atomic E-state index is 4.52. The van der Waals surface area contributed by atoms with Gasteiger partial charge in [0.05, 0.1) is 0 Å². The predicted octanol–water partition coefficient (Wildman–Crippen LogP) is 4.02. The lowest BCUT2D eigenvalue weighted by Gasteiger charge is -2.05. The van der Waals surface area contributed by atoms with Gasteiger partial charge < -0.3 is 0 Å². The van der Waals surface area contributed by atoms with Crippen molar-refractivity contribution < 1.29 is 0 Å². The Labute approximate surface area is 107 Å². The Balaban J connectivity index is 1.87. The Hall–Kier alpha value is -2.15. The normalized spacial score (nSPS) is 10.7. The average Bonchev–Trinajstić information content (AvgIpc) is 2.46. The fourth-order valence-electron chi connectivity index (χ4n) is 2.29. The first-order valence-electron chi connectivity index (χ1n) is 6.30. The number of pyridine rings is 1. The Morgan fingerprint density at radius 2 is 1.50 bits per heavy atom. The third-order valence-corrected chi connectivity index (χ3v) is 3.25. The van der Waals surface area contributed by atoms with Crippen molar-refractivity contribution in [1.82, 2.24) is 4.98 Å². The molecule has 1 heteroatoms. The van der Waals surface area contributed by atoms with Gasteiger partial charge in [0.25, 0.3) is 0 Å². The zero-order valence-electron chi connectivity index (χ0n) is 10.2. The molecule has 0 N–H and O–H groups in total. The van der Waals surface area contributed by atoms with Crippen LogP contribution in [0.25, 0.3) is 10.8 Å². The summed E-state index contributed by atoms with van der Waals surface area (Å²) in [5.74, 6) is 0. The van der Waals surface area contributed by atoms with Gasteiger partial charge in [0, 0.05) is 17.3 Å². The second-order valence-corrected chi connectivity index (χ2v) is 4.46. The van der Waals surface area contributed by atoms with Crippen LogP contribution in [-0.2, 0) is 12.8 Å². The van der Waals surface area contributed by atoms with Crippen LogP contribution in [0.2, 0.25) is 0 Å². The molecule has 0 bridgehead atoms. The average molecular weight is 233 g/mol. The molecular formula is C17H15N. The van der Waals surface area contributed by atoms with Gasteiger partial charge in [-0.25, -0.2) is 0 Å². The van der Waals surface area contributed by atoms with Crippen molar-refractivity contribution in [3.63, 3.8) is 0 Å². The highest BCUT2D eigenvalue weighted by Crippen LogP contribution is 2.17. The van der Waals surface area contributed by atoms with Gasteiger partial charge in [0.15, 0.2) is 0 Å². The second-order valence-electron chi connectivity index (χ2n) is 4.46. The van der Waals surface area contributed by atoms with E-state index in [2.05, 4.69) is 65.6 Å². The van der Waals surface area contributed by atoms with Crippen LogP contribution in [0.4, 0.5) is 0 Å². The summed E-state index contributed by atoms with van der Waals surface area (Å²) < 4.78 is 0. The monoisotopic (exact) mass is 233 g/mol. The third-order valence-electron chi connectivity index (χ3n) is 3.25. The van der Waals surface area contributed by atoms with Crippen molar-refractivity contribution in [2.75, 3.05) is 0 Å². The molecule has 0 unspecified atom stereocenters. The smallest absolute Gasteiger partial charge is 0.0485 e. The molecule has 18 heavy (non-hydrogen) atoms. The summed E-state index contributed by atoms with van der Waals surface area (Å²) >= 11 is 0. The number of fused-ring (bicyclic) bond motifs is 1. The minimum atomic E-state index is 0.991. The summed E-state index contributed by atoms with van der Waals surface area (Å²) in [4.78, 5) is 4.52. The van der Waals surface area contributed by atoms with Gasteiger partial charge in [0.2, 0.25) is 0 Å². The minimum absolute atomic E-state index is 0.991. The largest absolute Gasteiger partial charge is 0.261 e. The molecule has 3 rings (SSSR count). The lowest BCUT2D eigenvalue weighted by atomic mass is 10.0. The Bertz CT molecular complexity index is 639. The van der Waals surface area contributed by atoms with E-state index in [1.165, 1.54) is 22.0 Å². The van der Waals surface area contributed by atoms with E-state index in [4.69, 9.17) is 0 Å². The van der Waals surface area contributed by atoms with Crippen LogP contribution in [-0.4, -0.2) is 4.98 Å². The Morgan fingerprint density at radius 1 is 0.722 bits per heavy atom. The highest BCUT2D eigenvalue weighted by Gasteiger charge is 2.02. The standard InChI is InChI=1S/C17H15N/c1-2-6-14(7-3-1)10-11-17-16-9-5-4-8-15(16)12-13-18-17/h1-9,12-13H,10-11H2. The summed E-state index contributed by atoms with van der Waals surface area (Å²) in [6.45, 7) is 0. The highest BCUT2D eigenvalue weighted by molar-refractivity contribution is 5.84. The summed E-state index contributed by atoms with van der Waals surface area (Å²) in [6.07, 6.45) is 3.94. The molecule has 0 aliphatic rings. The van der Waals surface area contributed by atoms with Crippen LogP contribution in [0.15, 0.2) is 66.9 Å². The molecule has 1 heterocycles. The molecule has 2 aromatic carbocycles. The first kappa shape index (κ1) is 11.0. The van der Waals surface area contributed by atoms with Gasteiger partial charge >= 0.3 is 0 Å². The maximum Gasteiger partial charge on any atom is 0.0485 e. The molecule has 0 aliphatic heterocycles. The zero-order valence-corrected chi connectivity index (χ0v) is 10.2. The van der Waals surface area contributed by atoms with E-state index in [0.29, 0.717) is 0 Å². The fraction of sp³-hybridized carbons (Fsp3) is 0.118. The SMILES string of the molecule is c1ccc(CCc2nccc3ccccc23)cc1. The van der Waals surface area contributed by atoms with Gasteiger partial charge in [-0.15, -0.1) is 0 Å². The lowest BCUT2D eigenvalue weighted by Crippen LogP contribution is -1.95. The first-order valence-corrected chi connectivity index (χ1v) is 6.30. The molecular weight excluding hydrogens is 218 g/mol. The summed E-state index contributed by atoms with van der Waals surface area (Å²) in [7, 11) is 0. The molecule has 0 amide bonds. The quantitative estimate of drug-likeness (QED) is 0.665. The van der Waals surface area contributed by atoms with E-state index in [1.807, 2.05) is 6.20 Å². The molecule has 88 valence electrons. The van der Waals surface area contributed by atoms with Crippen molar-refractivity contribution in [3.8, 4) is 0 Å². The maximum absolute atomic E-state index is 4.52. The number of aryl methyl sites for hydroxylation is 2. The molecule has 0 saturated carbocycles. The summed E-state index contributed by atoms with van der Waals surface area (Å²) in [6, 6.07) is 21.1. The van der Waals surface area contributed by atoms with Crippen LogP contribution in [0.3, 0.4) is 0 Å². The number of hydrogen-bond acceptors (Lipinski definition) is 1. The highest BCUT2D eigenvalue weighted by atomic mass is 14.7.